The summed E-state index contributed by atoms with van der Waals surface area (Å²) >= 11 is 0. The van der Waals surface area contributed by atoms with E-state index in [1.165, 1.54) is 0 Å². The smallest absolute Gasteiger partial charge is 0.408 e. The van der Waals surface area contributed by atoms with Crippen molar-refractivity contribution in [1.29, 1.82) is 0 Å². The van der Waals surface area contributed by atoms with Gasteiger partial charge in [-0.3, -0.25) is 14.4 Å². The fourth-order valence-corrected chi connectivity index (χ4v) is 8.87. The van der Waals surface area contributed by atoms with Crippen molar-refractivity contribution in [1.82, 2.24) is 35.0 Å². The normalized spacial score (nSPS) is 16.9. The molecule has 5 amide bonds. The topological polar surface area (TPSA) is 180 Å². The van der Waals surface area contributed by atoms with Crippen LogP contribution in [0.3, 0.4) is 0 Å². The number of amides is 5. The zero-order valence-corrected chi connectivity index (χ0v) is 37.8. The maximum atomic E-state index is 14.2. The van der Waals surface area contributed by atoms with Gasteiger partial charge in [0.05, 0.1) is 23.9 Å². The van der Waals surface area contributed by atoms with Gasteiger partial charge in [0, 0.05) is 54.2 Å². The van der Waals surface area contributed by atoms with Crippen molar-refractivity contribution in [2.45, 2.75) is 89.8 Å². The van der Waals surface area contributed by atoms with Gasteiger partial charge in [-0.25, -0.2) is 14.6 Å². The van der Waals surface area contributed by atoms with Crippen molar-refractivity contribution in [3.8, 4) is 22.5 Å². The fraction of sp³-hybridized carbons (Fsp3) is 0.333. The van der Waals surface area contributed by atoms with Crippen LogP contribution in [0.1, 0.15) is 88.5 Å². The van der Waals surface area contributed by atoms with Crippen LogP contribution in [-0.2, 0) is 30.9 Å². The minimum Gasteiger partial charge on any atom is -0.447 e. The second kappa shape index (κ2) is 19.8. The highest BCUT2D eigenvalue weighted by Gasteiger charge is 2.40. The Hall–Kier alpha value is -7.42. The number of hydrogen-bond donors (Lipinski definition) is 4. The standard InChI is InChI=1S/C51H56N8O7/c1-31(2)65-50(63)55-44(35-14-8-6-9-15-35)48(61)58-26-12-18-42(58)46-54-41(30-57(46)5)34-22-20-33(21-23-34)40-29-37-28-38(24-25-39(37)53-40)52-47(60)43-19-13-27-59(43)49(62)45(36-16-10-7-11-17-36)56-51(64)66-32(3)4/h6-11,14-17,20-25,28-32,42-45,53H,12-13,18-19,26-27H2,1-5H3,(H,52,60)(H,55,63)(H,56,64)/t42-,43-,44+,45+/m0/s1. The summed E-state index contributed by atoms with van der Waals surface area (Å²) in [6, 6.07) is 31.0. The molecule has 0 bridgehead atoms. The average molecular weight is 893 g/mol. The SMILES string of the molecule is CC(C)OC(=O)N[C@@H](C(=O)N1CCC[C@H]1C(=O)Nc1ccc2[nH]c(-c3ccc(-c4cn(C)c([C@@H]5CCCN5C(=O)[C@H](NC(=O)OC(C)C)c5ccccc5)n4)cc3)cc2c1)c1ccccc1. The summed E-state index contributed by atoms with van der Waals surface area (Å²) in [5.41, 5.74) is 6.30. The number of aromatic nitrogens is 3. The van der Waals surface area contributed by atoms with Crippen molar-refractivity contribution >= 4 is 46.5 Å². The first-order valence-electron chi connectivity index (χ1n) is 22.6. The Kier molecular flexibility index (Phi) is 13.5. The summed E-state index contributed by atoms with van der Waals surface area (Å²) in [5, 5.41) is 9.45. The Morgan fingerprint density at radius 1 is 0.682 bits per heavy atom. The molecular weight excluding hydrogens is 837 g/mol. The number of alkyl carbamates (subject to hydrolysis) is 2. The molecule has 4 atom stereocenters. The average Bonchev–Trinajstić information content (AvgIpc) is 4.14. The second-order valence-corrected chi connectivity index (χ2v) is 17.4. The molecule has 0 unspecified atom stereocenters. The molecule has 4 N–H and O–H groups in total. The Balaban J connectivity index is 0.940. The monoisotopic (exact) mass is 892 g/mol. The minimum atomic E-state index is -1.01. The maximum absolute atomic E-state index is 14.2. The molecule has 0 spiro atoms. The molecule has 6 aromatic rings. The number of anilines is 1. The lowest BCUT2D eigenvalue weighted by Crippen LogP contribution is -2.48. The number of benzene rings is 4. The highest BCUT2D eigenvalue weighted by molar-refractivity contribution is 6.00. The maximum Gasteiger partial charge on any atom is 0.408 e. The number of likely N-dealkylation sites (tertiary alicyclic amines) is 2. The number of aryl methyl sites for hydroxylation is 1. The predicted molar refractivity (Wildman–Crippen MR) is 251 cm³/mol. The quantitative estimate of drug-likeness (QED) is 0.0890. The number of ether oxygens (including phenoxy) is 2. The third-order valence-corrected chi connectivity index (χ3v) is 11.9. The van der Waals surface area contributed by atoms with Crippen molar-refractivity contribution in [3.63, 3.8) is 0 Å². The summed E-state index contributed by atoms with van der Waals surface area (Å²) in [6.45, 7) is 7.92. The molecule has 8 rings (SSSR count). The van der Waals surface area contributed by atoms with Crippen LogP contribution in [0.5, 0.6) is 0 Å². The van der Waals surface area contributed by atoms with Crippen LogP contribution in [0.15, 0.2) is 115 Å². The Bertz CT molecular complexity index is 2700. The van der Waals surface area contributed by atoms with E-state index in [4.69, 9.17) is 14.5 Å². The zero-order valence-electron chi connectivity index (χ0n) is 37.8. The Morgan fingerprint density at radius 3 is 1.85 bits per heavy atom. The first-order valence-corrected chi connectivity index (χ1v) is 22.6. The number of H-pyrrole nitrogens is 1. The highest BCUT2D eigenvalue weighted by Crippen LogP contribution is 2.36. The minimum absolute atomic E-state index is 0.216. The van der Waals surface area contributed by atoms with E-state index in [9.17, 15) is 24.0 Å². The molecule has 2 aliphatic heterocycles. The molecule has 66 heavy (non-hydrogen) atoms. The van der Waals surface area contributed by atoms with Crippen LogP contribution in [0.25, 0.3) is 33.4 Å². The first kappa shape index (κ1) is 45.2. The van der Waals surface area contributed by atoms with Gasteiger partial charge in [0.1, 0.15) is 23.9 Å². The predicted octanol–water partition coefficient (Wildman–Crippen LogP) is 8.58. The van der Waals surface area contributed by atoms with Crippen molar-refractivity contribution < 1.29 is 33.4 Å². The molecule has 0 radical (unpaired) electrons. The molecule has 15 nitrogen and oxygen atoms in total. The fourth-order valence-electron chi connectivity index (χ4n) is 8.87. The zero-order chi connectivity index (χ0) is 46.5. The van der Waals surface area contributed by atoms with Gasteiger partial charge in [-0.05, 0) is 94.3 Å². The molecule has 2 aromatic heterocycles. The molecule has 0 saturated carbocycles. The molecule has 0 aliphatic carbocycles. The van der Waals surface area contributed by atoms with Crippen LogP contribution in [0.4, 0.5) is 15.3 Å². The lowest BCUT2D eigenvalue weighted by atomic mass is 10.0. The molecule has 4 heterocycles. The summed E-state index contributed by atoms with van der Waals surface area (Å²) in [6.07, 6.45) is 2.60. The van der Waals surface area contributed by atoms with Crippen LogP contribution in [0.2, 0.25) is 0 Å². The number of hydrogen-bond acceptors (Lipinski definition) is 8. The largest absolute Gasteiger partial charge is 0.447 e. The molecule has 342 valence electrons. The van der Waals surface area contributed by atoms with E-state index in [1.54, 1.807) is 56.9 Å². The van der Waals surface area contributed by atoms with Gasteiger partial charge in [-0.1, -0.05) is 84.9 Å². The second-order valence-electron chi connectivity index (χ2n) is 17.4. The van der Waals surface area contributed by atoms with Crippen molar-refractivity contribution in [2.75, 3.05) is 18.4 Å². The Morgan fingerprint density at radius 2 is 1.24 bits per heavy atom. The summed E-state index contributed by atoms with van der Waals surface area (Å²) in [4.78, 5) is 79.3. The van der Waals surface area contributed by atoms with Crippen LogP contribution < -0.4 is 16.0 Å². The number of imidazole rings is 1. The van der Waals surface area contributed by atoms with Gasteiger partial charge >= 0.3 is 12.2 Å². The number of carbonyl (C=O) groups is 5. The number of fused-ring (bicyclic) bond motifs is 1. The number of rotatable bonds is 13. The van der Waals surface area contributed by atoms with E-state index in [0.29, 0.717) is 42.7 Å². The number of nitrogens with zero attached hydrogens (tertiary/aromatic N) is 4. The molecule has 2 aliphatic rings. The summed E-state index contributed by atoms with van der Waals surface area (Å²) < 4.78 is 12.6. The van der Waals surface area contributed by atoms with E-state index in [0.717, 1.165) is 52.1 Å². The van der Waals surface area contributed by atoms with Crippen LogP contribution in [0, 0.1) is 0 Å². The van der Waals surface area contributed by atoms with E-state index in [-0.39, 0.29) is 36.0 Å². The number of carbonyl (C=O) groups excluding carboxylic acids is 5. The van der Waals surface area contributed by atoms with E-state index in [1.807, 2.05) is 108 Å². The highest BCUT2D eigenvalue weighted by atomic mass is 16.6. The van der Waals surface area contributed by atoms with Crippen molar-refractivity contribution in [3.05, 3.63) is 132 Å². The third-order valence-electron chi connectivity index (χ3n) is 11.9. The number of nitrogens with one attached hydrogen (secondary N) is 4. The van der Waals surface area contributed by atoms with Gasteiger partial charge < -0.3 is 44.8 Å². The summed E-state index contributed by atoms with van der Waals surface area (Å²) in [7, 11) is 1.94. The van der Waals surface area contributed by atoms with E-state index >= 15 is 0 Å². The number of aromatic amines is 1. The van der Waals surface area contributed by atoms with Crippen molar-refractivity contribution in [2.24, 2.45) is 7.05 Å². The Labute approximate surface area is 383 Å². The molecule has 2 saturated heterocycles. The molecule has 15 heteroatoms. The molecule has 2 fully saturated rings. The van der Waals surface area contributed by atoms with Gasteiger partial charge in [-0.2, -0.15) is 0 Å². The summed E-state index contributed by atoms with van der Waals surface area (Å²) in [5.74, 6) is -0.127. The first-order chi connectivity index (χ1) is 31.8. The van der Waals surface area contributed by atoms with E-state index < -0.39 is 30.3 Å². The van der Waals surface area contributed by atoms with Gasteiger partial charge in [0.25, 0.3) is 11.8 Å². The lowest BCUT2D eigenvalue weighted by Gasteiger charge is -2.29. The molecular formula is C51H56N8O7. The van der Waals surface area contributed by atoms with Gasteiger partial charge in [0.15, 0.2) is 0 Å². The lowest BCUT2D eigenvalue weighted by molar-refractivity contribution is -0.138. The third kappa shape index (κ3) is 10.1. The van der Waals surface area contributed by atoms with Crippen LogP contribution >= 0.6 is 0 Å². The molecule has 4 aromatic carbocycles. The van der Waals surface area contributed by atoms with Gasteiger partial charge in [0.2, 0.25) is 5.91 Å². The van der Waals surface area contributed by atoms with Gasteiger partial charge in [-0.15, -0.1) is 0 Å². The van der Waals surface area contributed by atoms with E-state index in [2.05, 4.69) is 20.9 Å². The van der Waals surface area contributed by atoms with Crippen LogP contribution in [-0.4, -0.2) is 85.6 Å².